The Hall–Kier alpha value is 1.44. The molecule has 3 heteroatoms. The first-order valence-corrected chi connectivity index (χ1v) is 6.81. The van der Waals surface area contributed by atoms with Crippen molar-refractivity contribution in [1.29, 1.82) is 0 Å². The van der Waals surface area contributed by atoms with Crippen molar-refractivity contribution in [2.75, 3.05) is 5.33 Å². The van der Waals surface area contributed by atoms with Crippen molar-refractivity contribution in [1.82, 2.24) is 0 Å². The lowest BCUT2D eigenvalue weighted by molar-refractivity contribution is 0.351. The van der Waals surface area contributed by atoms with E-state index in [9.17, 15) is 0 Å². The van der Waals surface area contributed by atoms with Gasteiger partial charge < -0.3 is 0 Å². The summed E-state index contributed by atoms with van der Waals surface area (Å²) in [4.78, 5) is 0. The van der Waals surface area contributed by atoms with Gasteiger partial charge in [-0.15, -0.1) is 0 Å². The molecule has 1 rings (SSSR count). The second kappa shape index (κ2) is 4.61. The molecular weight excluding hydrogens is 336 g/mol. The standard InChI is InChI=1S/C8H13Br3/c9-6-4-7-3-1-2-5-8(7,10)11/h7H,1-6H2. The van der Waals surface area contributed by atoms with Crippen LogP contribution in [0.1, 0.15) is 32.1 Å². The molecule has 11 heavy (non-hydrogen) atoms. The first kappa shape index (κ1) is 10.5. The summed E-state index contributed by atoms with van der Waals surface area (Å²) in [5.41, 5.74) is 0. The van der Waals surface area contributed by atoms with Gasteiger partial charge in [-0.05, 0) is 25.2 Å². The molecule has 0 radical (unpaired) electrons. The summed E-state index contributed by atoms with van der Waals surface area (Å²) in [7, 11) is 0. The van der Waals surface area contributed by atoms with Crippen molar-refractivity contribution in [2.24, 2.45) is 5.92 Å². The van der Waals surface area contributed by atoms with Gasteiger partial charge in [0, 0.05) is 5.33 Å². The lowest BCUT2D eigenvalue weighted by Crippen LogP contribution is -2.28. The first-order valence-electron chi connectivity index (χ1n) is 4.10. The van der Waals surface area contributed by atoms with Crippen LogP contribution in [0, 0.1) is 5.92 Å². The third-order valence-electron chi connectivity index (χ3n) is 2.37. The van der Waals surface area contributed by atoms with Gasteiger partial charge in [0.15, 0.2) is 0 Å². The van der Waals surface area contributed by atoms with Crippen LogP contribution < -0.4 is 0 Å². The Kier molecular flexibility index (Phi) is 4.41. The van der Waals surface area contributed by atoms with Gasteiger partial charge in [0.1, 0.15) is 0 Å². The Morgan fingerprint density at radius 2 is 2.00 bits per heavy atom. The third-order valence-corrected chi connectivity index (χ3v) is 4.91. The zero-order valence-electron chi connectivity index (χ0n) is 6.45. The molecule has 0 N–H and O–H groups in total. The van der Waals surface area contributed by atoms with E-state index in [1.807, 2.05) is 0 Å². The summed E-state index contributed by atoms with van der Waals surface area (Å²) >= 11 is 11.0. The van der Waals surface area contributed by atoms with Crippen molar-refractivity contribution in [3.05, 3.63) is 0 Å². The van der Waals surface area contributed by atoms with Gasteiger partial charge in [-0.1, -0.05) is 60.6 Å². The molecule has 0 saturated heterocycles. The Morgan fingerprint density at radius 1 is 1.27 bits per heavy atom. The number of rotatable bonds is 2. The summed E-state index contributed by atoms with van der Waals surface area (Å²) in [6.45, 7) is 0. The molecule has 1 unspecified atom stereocenters. The van der Waals surface area contributed by atoms with Crippen LogP contribution in [0.3, 0.4) is 0 Å². The minimum absolute atomic E-state index is 0.242. The van der Waals surface area contributed by atoms with E-state index in [4.69, 9.17) is 0 Å². The number of halogens is 3. The first-order chi connectivity index (χ1) is 5.17. The van der Waals surface area contributed by atoms with E-state index in [1.165, 1.54) is 32.1 Å². The maximum Gasteiger partial charge on any atom is 0.0833 e. The molecule has 0 aliphatic heterocycles. The minimum Gasteiger partial charge on any atom is -0.0928 e. The highest BCUT2D eigenvalue weighted by atomic mass is 79.9. The topological polar surface area (TPSA) is 0 Å². The Morgan fingerprint density at radius 3 is 2.55 bits per heavy atom. The van der Waals surface area contributed by atoms with Crippen LogP contribution in [0.25, 0.3) is 0 Å². The van der Waals surface area contributed by atoms with Crippen molar-refractivity contribution in [3.63, 3.8) is 0 Å². The van der Waals surface area contributed by atoms with Gasteiger partial charge in [-0.25, -0.2) is 0 Å². The number of hydrogen-bond acceptors (Lipinski definition) is 0. The molecule has 1 fully saturated rings. The van der Waals surface area contributed by atoms with Crippen molar-refractivity contribution in [3.8, 4) is 0 Å². The molecule has 1 atom stereocenters. The fourth-order valence-electron chi connectivity index (χ4n) is 1.65. The van der Waals surface area contributed by atoms with E-state index < -0.39 is 0 Å². The normalized spacial score (nSPS) is 30.3. The van der Waals surface area contributed by atoms with E-state index in [1.54, 1.807) is 0 Å². The molecule has 66 valence electrons. The van der Waals surface area contributed by atoms with Gasteiger partial charge >= 0.3 is 0 Å². The van der Waals surface area contributed by atoms with E-state index in [0.717, 1.165) is 11.2 Å². The van der Waals surface area contributed by atoms with Gasteiger partial charge in [-0.3, -0.25) is 0 Å². The molecule has 1 saturated carbocycles. The molecule has 0 heterocycles. The molecule has 0 aromatic carbocycles. The SMILES string of the molecule is BrCCC1CCCCC1(Br)Br. The lowest BCUT2D eigenvalue weighted by Gasteiger charge is -2.34. The summed E-state index contributed by atoms with van der Waals surface area (Å²) in [6.07, 6.45) is 6.66. The highest BCUT2D eigenvalue weighted by molar-refractivity contribution is 9.25. The monoisotopic (exact) mass is 346 g/mol. The van der Waals surface area contributed by atoms with Gasteiger partial charge in [0.05, 0.1) is 3.23 Å². The zero-order chi connectivity index (χ0) is 8.32. The van der Waals surface area contributed by atoms with Crippen LogP contribution in [0.15, 0.2) is 0 Å². The summed E-state index contributed by atoms with van der Waals surface area (Å²) in [6, 6.07) is 0. The minimum atomic E-state index is 0.242. The van der Waals surface area contributed by atoms with Crippen LogP contribution in [0.2, 0.25) is 0 Å². The average molecular weight is 349 g/mol. The van der Waals surface area contributed by atoms with Crippen LogP contribution in [0.5, 0.6) is 0 Å². The molecule has 0 nitrogen and oxygen atoms in total. The Balaban J connectivity index is 2.45. The second-order valence-electron chi connectivity index (χ2n) is 3.18. The molecule has 0 bridgehead atoms. The van der Waals surface area contributed by atoms with Crippen molar-refractivity contribution >= 4 is 47.8 Å². The maximum atomic E-state index is 3.76. The molecule has 0 spiro atoms. The van der Waals surface area contributed by atoms with Crippen LogP contribution in [-0.2, 0) is 0 Å². The zero-order valence-corrected chi connectivity index (χ0v) is 11.2. The van der Waals surface area contributed by atoms with Crippen LogP contribution in [-0.4, -0.2) is 8.56 Å². The predicted octanol–water partition coefficient (Wildman–Crippen LogP) is 4.45. The highest BCUT2D eigenvalue weighted by Gasteiger charge is 2.34. The summed E-state index contributed by atoms with van der Waals surface area (Å²) in [5.74, 6) is 0.802. The quantitative estimate of drug-likeness (QED) is 0.647. The summed E-state index contributed by atoms with van der Waals surface area (Å²) < 4.78 is 0.242. The third kappa shape index (κ3) is 3.00. The van der Waals surface area contributed by atoms with Crippen LogP contribution in [0.4, 0.5) is 0 Å². The van der Waals surface area contributed by atoms with Crippen molar-refractivity contribution < 1.29 is 0 Å². The molecule has 1 aliphatic rings. The van der Waals surface area contributed by atoms with E-state index >= 15 is 0 Å². The average Bonchev–Trinajstić information content (AvgIpc) is 1.94. The maximum absolute atomic E-state index is 3.76. The van der Waals surface area contributed by atoms with Gasteiger partial charge in [0.2, 0.25) is 0 Å². The smallest absolute Gasteiger partial charge is 0.0833 e. The molecule has 0 amide bonds. The van der Waals surface area contributed by atoms with Crippen LogP contribution >= 0.6 is 47.8 Å². The molecule has 1 aliphatic carbocycles. The number of hydrogen-bond donors (Lipinski definition) is 0. The van der Waals surface area contributed by atoms with E-state index in [-0.39, 0.29) is 3.23 Å². The Labute approximate surface area is 93.9 Å². The molecule has 0 aromatic heterocycles. The molecule has 0 aromatic rings. The van der Waals surface area contributed by atoms with E-state index in [0.29, 0.717) is 0 Å². The second-order valence-corrected chi connectivity index (χ2v) is 7.87. The highest BCUT2D eigenvalue weighted by Crippen LogP contribution is 2.47. The Bertz CT molecular complexity index is 121. The fourth-order valence-corrected chi connectivity index (χ4v) is 3.68. The summed E-state index contributed by atoms with van der Waals surface area (Å²) in [5, 5.41) is 1.12. The molecular formula is C8H13Br3. The van der Waals surface area contributed by atoms with Crippen molar-refractivity contribution in [2.45, 2.75) is 35.3 Å². The van der Waals surface area contributed by atoms with E-state index in [2.05, 4.69) is 47.8 Å². The van der Waals surface area contributed by atoms with Gasteiger partial charge in [-0.2, -0.15) is 0 Å². The lowest BCUT2D eigenvalue weighted by atomic mass is 9.87. The fraction of sp³-hybridized carbons (Fsp3) is 1.00. The predicted molar refractivity (Wildman–Crippen MR) is 61.0 cm³/mol. The van der Waals surface area contributed by atoms with Gasteiger partial charge in [0.25, 0.3) is 0 Å². The largest absolute Gasteiger partial charge is 0.0928 e. The number of alkyl halides is 3.